The number of hydrogen-bond donors (Lipinski definition) is 1. The second kappa shape index (κ2) is 7.81. The number of nitrogens with zero attached hydrogens (tertiary/aromatic N) is 2. The number of para-hydroxylation sites is 1. The van der Waals surface area contributed by atoms with Crippen LogP contribution < -0.4 is 10.1 Å². The Labute approximate surface area is 142 Å². The van der Waals surface area contributed by atoms with Gasteiger partial charge in [0.1, 0.15) is 5.75 Å². The van der Waals surface area contributed by atoms with E-state index < -0.39 is 0 Å². The molecule has 0 aliphatic carbocycles. The predicted octanol–water partition coefficient (Wildman–Crippen LogP) is 3.53. The van der Waals surface area contributed by atoms with E-state index >= 15 is 0 Å². The van der Waals surface area contributed by atoms with E-state index in [9.17, 15) is 4.79 Å². The molecule has 0 spiro atoms. The quantitative estimate of drug-likeness (QED) is 0.935. The van der Waals surface area contributed by atoms with Gasteiger partial charge < -0.3 is 15.0 Å². The normalized spacial score (nSPS) is 16.5. The van der Waals surface area contributed by atoms with Crippen LogP contribution in [0.3, 0.4) is 0 Å². The minimum atomic E-state index is -0.0649. The van der Waals surface area contributed by atoms with Crippen LogP contribution in [0.1, 0.15) is 37.1 Å². The van der Waals surface area contributed by atoms with Crippen molar-refractivity contribution in [2.45, 2.75) is 32.4 Å². The standard InChI is InChI=1S/C19H23N3O2/c1-2-22(14-15-8-5-6-12-20-15)19(23)21-17-10-7-13-24-18-11-4-3-9-16(17)18/h3-6,8-9,11-12,17H,2,7,10,13-14H2,1H3,(H,21,23). The summed E-state index contributed by atoms with van der Waals surface area (Å²) in [5, 5.41) is 3.17. The first-order valence-electron chi connectivity index (χ1n) is 8.45. The summed E-state index contributed by atoms with van der Waals surface area (Å²) in [4.78, 5) is 18.8. The lowest BCUT2D eigenvalue weighted by Crippen LogP contribution is -2.41. The molecule has 0 radical (unpaired) electrons. The Kier molecular flexibility index (Phi) is 5.31. The second-order valence-corrected chi connectivity index (χ2v) is 5.87. The van der Waals surface area contributed by atoms with Gasteiger partial charge in [0, 0.05) is 18.3 Å². The number of amides is 2. The molecular weight excluding hydrogens is 302 g/mol. The second-order valence-electron chi connectivity index (χ2n) is 5.87. The average Bonchev–Trinajstić information content (AvgIpc) is 2.83. The van der Waals surface area contributed by atoms with E-state index in [4.69, 9.17) is 4.74 Å². The Hall–Kier alpha value is -2.56. The molecule has 1 aliphatic rings. The largest absolute Gasteiger partial charge is 0.493 e. The van der Waals surface area contributed by atoms with Crippen LogP contribution in [0, 0.1) is 0 Å². The van der Waals surface area contributed by atoms with Gasteiger partial charge in [-0.05, 0) is 38.0 Å². The fourth-order valence-electron chi connectivity index (χ4n) is 2.93. The third-order valence-electron chi connectivity index (χ3n) is 4.23. The average molecular weight is 325 g/mol. The maximum Gasteiger partial charge on any atom is 0.318 e. The topological polar surface area (TPSA) is 54.5 Å². The van der Waals surface area contributed by atoms with Crippen molar-refractivity contribution in [3.63, 3.8) is 0 Å². The summed E-state index contributed by atoms with van der Waals surface area (Å²) in [6.07, 6.45) is 3.55. The number of benzene rings is 1. The van der Waals surface area contributed by atoms with Crippen LogP contribution in [0.25, 0.3) is 0 Å². The molecule has 0 bridgehead atoms. The van der Waals surface area contributed by atoms with Gasteiger partial charge in [-0.1, -0.05) is 24.3 Å². The lowest BCUT2D eigenvalue weighted by Gasteiger charge is -2.25. The van der Waals surface area contributed by atoms with Crippen LogP contribution in [0.2, 0.25) is 0 Å². The lowest BCUT2D eigenvalue weighted by molar-refractivity contribution is 0.192. The van der Waals surface area contributed by atoms with Crippen molar-refractivity contribution < 1.29 is 9.53 Å². The number of carbonyl (C=O) groups is 1. The van der Waals surface area contributed by atoms with Gasteiger partial charge in [0.05, 0.1) is 24.9 Å². The molecule has 0 saturated carbocycles. The van der Waals surface area contributed by atoms with Crippen LogP contribution >= 0.6 is 0 Å². The van der Waals surface area contributed by atoms with Gasteiger partial charge in [-0.2, -0.15) is 0 Å². The fourth-order valence-corrected chi connectivity index (χ4v) is 2.93. The number of hydrogen-bond acceptors (Lipinski definition) is 3. The first-order valence-corrected chi connectivity index (χ1v) is 8.45. The molecule has 0 fully saturated rings. The molecule has 5 nitrogen and oxygen atoms in total. The van der Waals surface area contributed by atoms with Crippen LogP contribution in [0.15, 0.2) is 48.7 Å². The Morgan fingerprint density at radius 1 is 1.29 bits per heavy atom. The number of aromatic nitrogens is 1. The zero-order valence-corrected chi connectivity index (χ0v) is 13.9. The van der Waals surface area contributed by atoms with Crippen LogP contribution in [0.4, 0.5) is 4.79 Å². The number of fused-ring (bicyclic) bond motifs is 1. The maximum absolute atomic E-state index is 12.7. The highest BCUT2D eigenvalue weighted by molar-refractivity contribution is 5.74. The lowest BCUT2D eigenvalue weighted by atomic mass is 10.0. The van der Waals surface area contributed by atoms with Gasteiger partial charge >= 0.3 is 6.03 Å². The van der Waals surface area contributed by atoms with Gasteiger partial charge in [-0.25, -0.2) is 4.79 Å². The van der Waals surface area contributed by atoms with E-state index in [1.54, 1.807) is 11.1 Å². The number of pyridine rings is 1. The summed E-state index contributed by atoms with van der Waals surface area (Å²) in [5.41, 5.74) is 1.94. The van der Waals surface area contributed by atoms with E-state index in [2.05, 4.69) is 10.3 Å². The molecule has 1 aliphatic heterocycles. The summed E-state index contributed by atoms with van der Waals surface area (Å²) < 4.78 is 5.77. The Balaban J connectivity index is 1.71. The van der Waals surface area contributed by atoms with Crippen molar-refractivity contribution in [2.75, 3.05) is 13.2 Å². The summed E-state index contributed by atoms with van der Waals surface area (Å²) in [6.45, 7) is 3.81. The van der Waals surface area contributed by atoms with E-state index in [1.165, 1.54) is 0 Å². The highest BCUT2D eigenvalue weighted by Gasteiger charge is 2.23. The molecule has 126 valence electrons. The molecule has 1 N–H and O–H groups in total. The maximum atomic E-state index is 12.7. The molecular formula is C19H23N3O2. The third kappa shape index (κ3) is 3.85. The number of carbonyl (C=O) groups excluding carboxylic acids is 1. The molecule has 2 aromatic rings. The van der Waals surface area contributed by atoms with Gasteiger partial charge in [-0.15, -0.1) is 0 Å². The molecule has 24 heavy (non-hydrogen) atoms. The van der Waals surface area contributed by atoms with E-state index in [1.807, 2.05) is 49.4 Å². The van der Waals surface area contributed by atoms with E-state index in [0.717, 1.165) is 29.8 Å². The Bertz CT molecular complexity index is 675. The van der Waals surface area contributed by atoms with Gasteiger partial charge in [0.15, 0.2) is 0 Å². The van der Waals surface area contributed by atoms with Gasteiger partial charge in [0.25, 0.3) is 0 Å². The number of rotatable bonds is 4. The van der Waals surface area contributed by atoms with E-state index in [-0.39, 0.29) is 12.1 Å². The SMILES string of the molecule is CCN(Cc1ccccn1)C(=O)NC1CCCOc2ccccc21. The molecule has 0 saturated heterocycles. The molecule has 3 rings (SSSR count). The van der Waals surface area contributed by atoms with Crippen molar-refractivity contribution in [2.24, 2.45) is 0 Å². The third-order valence-corrected chi connectivity index (χ3v) is 4.23. The number of urea groups is 1. The zero-order valence-electron chi connectivity index (χ0n) is 13.9. The first-order chi connectivity index (χ1) is 11.8. The summed E-state index contributed by atoms with van der Waals surface area (Å²) in [7, 11) is 0. The molecule has 5 heteroatoms. The highest BCUT2D eigenvalue weighted by Crippen LogP contribution is 2.31. The van der Waals surface area contributed by atoms with Crippen LogP contribution in [-0.4, -0.2) is 29.1 Å². The molecule has 1 atom stereocenters. The minimum Gasteiger partial charge on any atom is -0.493 e. The van der Waals surface area contributed by atoms with Gasteiger partial charge in [-0.3, -0.25) is 4.98 Å². The summed E-state index contributed by atoms with van der Waals surface area (Å²) in [6, 6.07) is 13.6. The number of ether oxygens (including phenoxy) is 1. The minimum absolute atomic E-state index is 0.0195. The number of nitrogens with one attached hydrogen (secondary N) is 1. The molecule has 1 aromatic heterocycles. The monoisotopic (exact) mass is 325 g/mol. The van der Waals surface area contributed by atoms with Crippen molar-refractivity contribution in [1.82, 2.24) is 15.2 Å². The first kappa shape index (κ1) is 16.3. The fraction of sp³-hybridized carbons (Fsp3) is 0.368. The van der Waals surface area contributed by atoms with Crippen LogP contribution in [0.5, 0.6) is 5.75 Å². The van der Waals surface area contributed by atoms with E-state index in [0.29, 0.717) is 19.7 Å². The summed E-state index contributed by atoms with van der Waals surface area (Å²) >= 11 is 0. The Morgan fingerprint density at radius 2 is 2.12 bits per heavy atom. The highest BCUT2D eigenvalue weighted by atomic mass is 16.5. The van der Waals surface area contributed by atoms with Crippen LogP contribution in [-0.2, 0) is 6.54 Å². The zero-order chi connectivity index (χ0) is 16.8. The predicted molar refractivity (Wildman–Crippen MR) is 92.8 cm³/mol. The van der Waals surface area contributed by atoms with Crippen molar-refractivity contribution in [3.8, 4) is 5.75 Å². The Morgan fingerprint density at radius 3 is 2.92 bits per heavy atom. The smallest absolute Gasteiger partial charge is 0.318 e. The van der Waals surface area contributed by atoms with Gasteiger partial charge in [0.2, 0.25) is 0 Å². The molecule has 2 heterocycles. The molecule has 2 amide bonds. The van der Waals surface area contributed by atoms with Crippen molar-refractivity contribution in [3.05, 3.63) is 59.9 Å². The molecule has 1 aromatic carbocycles. The summed E-state index contributed by atoms with van der Waals surface area (Å²) in [5.74, 6) is 0.869. The molecule has 1 unspecified atom stereocenters. The van der Waals surface area contributed by atoms with Crippen molar-refractivity contribution in [1.29, 1.82) is 0 Å². The van der Waals surface area contributed by atoms with Crippen molar-refractivity contribution >= 4 is 6.03 Å².